The van der Waals surface area contributed by atoms with E-state index in [1.165, 1.54) is 11.1 Å². The van der Waals surface area contributed by atoms with Crippen molar-refractivity contribution in [3.63, 3.8) is 0 Å². The Balaban J connectivity index is 0.00000208. The molecule has 2 heterocycles. The van der Waals surface area contributed by atoms with Crippen LogP contribution < -0.4 is 10.1 Å². The van der Waals surface area contributed by atoms with Crippen LogP contribution in [0.3, 0.4) is 0 Å². The molecule has 0 fully saturated rings. The third kappa shape index (κ3) is 4.37. The number of rotatable bonds is 3. The SMILES string of the molecule is CN=C(NCc1ccnc(OC)c1)N1CCc2ccccc2C1.I. The summed E-state index contributed by atoms with van der Waals surface area (Å²) in [5.41, 5.74) is 3.95. The molecule has 2 aromatic rings. The van der Waals surface area contributed by atoms with E-state index in [0.29, 0.717) is 12.4 Å². The van der Waals surface area contributed by atoms with E-state index in [2.05, 4.69) is 44.5 Å². The Bertz CT molecular complexity index is 705. The Morgan fingerprint density at radius 1 is 1.29 bits per heavy atom. The molecule has 24 heavy (non-hydrogen) atoms. The van der Waals surface area contributed by atoms with Crippen LogP contribution in [0.4, 0.5) is 0 Å². The van der Waals surface area contributed by atoms with Gasteiger partial charge in [0.2, 0.25) is 5.88 Å². The smallest absolute Gasteiger partial charge is 0.213 e. The summed E-state index contributed by atoms with van der Waals surface area (Å²) in [6.45, 7) is 2.58. The first-order chi connectivity index (χ1) is 11.3. The fraction of sp³-hybridized carbons (Fsp3) is 0.333. The number of aliphatic imine (C=N–C) groups is 1. The third-order valence-electron chi connectivity index (χ3n) is 4.10. The molecule has 1 aromatic carbocycles. The van der Waals surface area contributed by atoms with Gasteiger partial charge in [-0.1, -0.05) is 24.3 Å². The van der Waals surface area contributed by atoms with Gasteiger partial charge < -0.3 is 15.0 Å². The van der Waals surface area contributed by atoms with E-state index >= 15 is 0 Å². The van der Waals surface area contributed by atoms with Crippen LogP contribution in [0.1, 0.15) is 16.7 Å². The van der Waals surface area contributed by atoms with Crippen LogP contribution in [0.2, 0.25) is 0 Å². The maximum Gasteiger partial charge on any atom is 0.213 e. The van der Waals surface area contributed by atoms with Crippen molar-refractivity contribution in [2.45, 2.75) is 19.5 Å². The number of pyridine rings is 1. The lowest BCUT2D eigenvalue weighted by molar-refractivity contribution is 0.378. The Morgan fingerprint density at radius 3 is 2.83 bits per heavy atom. The minimum atomic E-state index is 0. The molecule has 5 nitrogen and oxygen atoms in total. The maximum atomic E-state index is 5.16. The van der Waals surface area contributed by atoms with Crippen LogP contribution in [0.25, 0.3) is 0 Å². The molecule has 1 aliphatic heterocycles. The standard InChI is InChI=1S/C18H22N4O.HI/c1-19-18(21-12-14-7-9-20-17(11-14)23-2)22-10-8-15-5-3-4-6-16(15)13-22;/h3-7,9,11H,8,10,12-13H2,1-2H3,(H,19,21);1H. The zero-order chi connectivity index (χ0) is 16.1. The van der Waals surface area contributed by atoms with Crippen LogP contribution in [-0.4, -0.2) is 36.5 Å². The number of fused-ring (bicyclic) bond motifs is 1. The average Bonchev–Trinajstić information content (AvgIpc) is 2.62. The lowest BCUT2D eigenvalue weighted by Crippen LogP contribution is -2.43. The molecule has 0 saturated heterocycles. The normalized spacial score (nSPS) is 13.8. The number of nitrogens with one attached hydrogen (secondary N) is 1. The van der Waals surface area contributed by atoms with E-state index < -0.39 is 0 Å². The third-order valence-corrected chi connectivity index (χ3v) is 4.10. The van der Waals surface area contributed by atoms with Crippen LogP contribution in [0, 0.1) is 0 Å². The highest BCUT2D eigenvalue weighted by Crippen LogP contribution is 2.18. The first kappa shape index (κ1) is 18.5. The molecule has 6 heteroatoms. The lowest BCUT2D eigenvalue weighted by Gasteiger charge is -2.31. The van der Waals surface area contributed by atoms with Crippen LogP contribution in [0.5, 0.6) is 5.88 Å². The fourth-order valence-electron chi connectivity index (χ4n) is 2.86. The number of methoxy groups -OCH3 is 1. The number of halogens is 1. The summed E-state index contributed by atoms with van der Waals surface area (Å²) < 4.78 is 5.16. The van der Waals surface area contributed by atoms with E-state index in [1.807, 2.05) is 19.2 Å². The highest BCUT2D eigenvalue weighted by Gasteiger charge is 2.18. The minimum absolute atomic E-state index is 0. The van der Waals surface area contributed by atoms with Gasteiger partial charge in [0.25, 0.3) is 0 Å². The molecule has 0 amide bonds. The van der Waals surface area contributed by atoms with Gasteiger partial charge in [-0.05, 0) is 29.2 Å². The molecule has 0 radical (unpaired) electrons. The second kappa shape index (κ2) is 8.86. The van der Waals surface area contributed by atoms with Gasteiger partial charge in [0.05, 0.1) is 7.11 Å². The molecule has 0 spiro atoms. The van der Waals surface area contributed by atoms with Crippen molar-refractivity contribution < 1.29 is 4.74 Å². The van der Waals surface area contributed by atoms with E-state index in [0.717, 1.165) is 31.0 Å². The Hall–Kier alpha value is -1.83. The van der Waals surface area contributed by atoms with Crippen molar-refractivity contribution >= 4 is 29.9 Å². The zero-order valence-electron chi connectivity index (χ0n) is 14.0. The van der Waals surface area contributed by atoms with Crippen molar-refractivity contribution in [2.24, 2.45) is 4.99 Å². The number of hydrogen-bond acceptors (Lipinski definition) is 3. The summed E-state index contributed by atoms with van der Waals surface area (Å²) in [7, 11) is 3.46. The minimum Gasteiger partial charge on any atom is -0.481 e. The van der Waals surface area contributed by atoms with Crippen molar-refractivity contribution in [3.05, 3.63) is 59.3 Å². The second-order valence-corrected chi connectivity index (χ2v) is 5.55. The molecule has 0 atom stereocenters. The van der Waals surface area contributed by atoms with Crippen molar-refractivity contribution in [3.8, 4) is 5.88 Å². The molecule has 1 N–H and O–H groups in total. The average molecular weight is 438 g/mol. The van der Waals surface area contributed by atoms with Gasteiger partial charge in [-0.2, -0.15) is 0 Å². The Labute approximate surface area is 160 Å². The van der Waals surface area contributed by atoms with Crippen molar-refractivity contribution in [1.82, 2.24) is 15.2 Å². The molecule has 0 bridgehead atoms. The van der Waals surface area contributed by atoms with Crippen molar-refractivity contribution in [2.75, 3.05) is 20.7 Å². The number of hydrogen-bond donors (Lipinski definition) is 1. The summed E-state index contributed by atoms with van der Waals surface area (Å²) in [4.78, 5) is 10.8. The summed E-state index contributed by atoms with van der Waals surface area (Å²) in [6.07, 6.45) is 2.82. The fourth-order valence-corrected chi connectivity index (χ4v) is 2.86. The molecule has 3 rings (SSSR count). The molecule has 0 saturated carbocycles. The number of nitrogens with zero attached hydrogens (tertiary/aromatic N) is 3. The predicted molar refractivity (Wildman–Crippen MR) is 107 cm³/mol. The lowest BCUT2D eigenvalue weighted by atomic mass is 10.0. The van der Waals surface area contributed by atoms with Gasteiger partial charge in [-0.3, -0.25) is 4.99 Å². The topological polar surface area (TPSA) is 49.8 Å². The summed E-state index contributed by atoms with van der Waals surface area (Å²) in [5, 5.41) is 3.43. The van der Waals surface area contributed by atoms with Crippen molar-refractivity contribution in [1.29, 1.82) is 0 Å². The van der Waals surface area contributed by atoms with E-state index in [1.54, 1.807) is 13.3 Å². The summed E-state index contributed by atoms with van der Waals surface area (Å²) >= 11 is 0. The summed E-state index contributed by atoms with van der Waals surface area (Å²) in [6, 6.07) is 12.5. The summed E-state index contributed by atoms with van der Waals surface area (Å²) in [5.74, 6) is 1.56. The van der Waals surface area contributed by atoms with Crippen LogP contribution in [0.15, 0.2) is 47.6 Å². The van der Waals surface area contributed by atoms with Gasteiger partial charge >= 0.3 is 0 Å². The highest BCUT2D eigenvalue weighted by atomic mass is 127. The largest absolute Gasteiger partial charge is 0.481 e. The van der Waals surface area contributed by atoms with E-state index in [9.17, 15) is 0 Å². The number of benzene rings is 1. The first-order valence-electron chi connectivity index (χ1n) is 7.81. The van der Waals surface area contributed by atoms with Gasteiger partial charge in [-0.25, -0.2) is 4.98 Å². The first-order valence-corrected chi connectivity index (χ1v) is 7.81. The van der Waals surface area contributed by atoms with Gasteiger partial charge in [0.15, 0.2) is 5.96 Å². The van der Waals surface area contributed by atoms with Crippen LogP contribution >= 0.6 is 24.0 Å². The zero-order valence-corrected chi connectivity index (χ0v) is 16.4. The molecule has 128 valence electrons. The van der Waals surface area contributed by atoms with Crippen LogP contribution in [-0.2, 0) is 19.5 Å². The van der Waals surface area contributed by atoms with Gasteiger partial charge in [0.1, 0.15) is 0 Å². The number of aromatic nitrogens is 1. The highest BCUT2D eigenvalue weighted by molar-refractivity contribution is 14.0. The molecule has 1 aliphatic rings. The van der Waals surface area contributed by atoms with Gasteiger partial charge in [0, 0.05) is 38.9 Å². The predicted octanol–water partition coefficient (Wildman–Crippen LogP) is 2.84. The quantitative estimate of drug-likeness (QED) is 0.455. The molecule has 0 unspecified atom stereocenters. The monoisotopic (exact) mass is 438 g/mol. The van der Waals surface area contributed by atoms with E-state index in [-0.39, 0.29) is 24.0 Å². The number of guanidine groups is 1. The molecular weight excluding hydrogens is 415 g/mol. The number of ether oxygens (including phenoxy) is 1. The van der Waals surface area contributed by atoms with Gasteiger partial charge in [-0.15, -0.1) is 24.0 Å². The Kier molecular flexibility index (Phi) is 6.84. The molecule has 1 aromatic heterocycles. The molecule has 0 aliphatic carbocycles. The van der Waals surface area contributed by atoms with E-state index in [4.69, 9.17) is 4.74 Å². The second-order valence-electron chi connectivity index (χ2n) is 5.55. The Morgan fingerprint density at radius 2 is 2.08 bits per heavy atom. The molecular formula is C18H23IN4O. The maximum absolute atomic E-state index is 5.16.